The van der Waals surface area contributed by atoms with Gasteiger partial charge in [-0.3, -0.25) is 9.59 Å². The summed E-state index contributed by atoms with van der Waals surface area (Å²) < 4.78 is 33.3. The molecule has 2 heterocycles. The number of nitrogens with one attached hydrogen (secondary N) is 2. The van der Waals surface area contributed by atoms with E-state index in [4.69, 9.17) is 4.74 Å². The third-order valence-corrected chi connectivity index (χ3v) is 7.62. The van der Waals surface area contributed by atoms with Gasteiger partial charge in [-0.1, -0.05) is 24.6 Å². The van der Waals surface area contributed by atoms with Crippen LogP contribution in [0.3, 0.4) is 0 Å². The quantitative estimate of drug-likeness (QED) is 0.553. The first-order valence-corrected chi connectivity index (χ1v) is 12.5. The first kappa shape index (κ1) is 23.0. The Labute approximate surface area is 192 Å². The van der Waals surface area contributed by atoms with Gasteiger partial charge in [-0.05, 0) is 44.0 Å². The highest BCUT2D eigenvalue weighted by Gasteiger charge is 2.26. The van der Waals surface area contributed by atoms with Gasteiger partial charge in [0.15, 0.2) is 0 Å². The Morgan fingerprint density at radius 1 is 1.09 bits per heavy atom. The van der Waals surface area contributed by atoms with Gasteiger partial charge in [-0.15, -0.1) is 0 Å². The van der Waals surface area contributed by atoms with Crippen molar-refractivity contribution in [1.29, 1.82) is 0 Å². The molecule has 9 heteroatoms. The Kier molecular flexibility index (Phi) is 6.80. The average Bonchev–Trinajstić information content (AvgIpc) is 2.83. The van der Waals surface area contributed by atoms with Gasteiger partial charge in [-0.2, -0.15) is 4.31 Å². The number of piperidine rings is 1. The fourth-order valence-corrected chi connectivity index (χ4v) is 5.60. The number of aromatic nitrogens is 1. The van der Waals surface area contributed by atoms with Crippen LogP contribution in [0.1, 0.15) is 42.1 Å². The Balaban J connectivity index is 1.66. The number of nitrogens with zero attached hydrogens (tertiary/aromatic N) is 1. The normalized spacial score (nSPS) is 14.8. The lowest BCUT2D eigenvalue weighted by Crippen LogP contribution is -2.35. The fraction of sp³-hybridized carbons (Fsp3) is 0.333. The van der Waals surface area contributed by atoms with Gasteiger partial charge in [0.05, 0.1) is 17.1 Å². The molecule has 2 aromatic carbocycles. The average molecular weight is 470 g/mol. The van der Waals surface area contributed by atoms with Gasteiger partial charge in [0.2, 0.25) is 15.6 Å². The molecule has 1 amide bonds. The minimum absolute atomic E-state index is 0.111. The molecular formula is C24H27N3O5S. The summed E-state index contributed by atoms with van der Waals surface area (Å²) in [5, 5.41) is 3.20. The summed E-state index contributed by atoms with van der Waals surface area (Å²) in [7, 11) is -3.68. The monoisotopic (exact) mass is 469 g/mol. The molecule has 1 aliphatic rings. The van der Waals surface area contributed by atoms with Crippen molar-refractivity contribution in [2.24, 2.45) is 0 Å². The molecule has 174 valence electrons. The molecule has 0 bridgehead atoms. The van der Waals surface area contributed by atoms with Crippen molar-refractivity contribution >= 4 is 26.8 Å². The van der Waals surface area contributed by atoms with Crippen LogP contribution < -0.4 is 15.6 Å². The highest BCUT2D eigenvalue weighted by Crippen LogP contribution is 2.25. The predicted molar refractivity (Wildman–Crippen MR) is 126 cm³/mol. The van der Waals surface area contributed by atoms with E-state index in [2.05, 4.69) is 10.3 Å². The molecule has 0 radical (unpaired) electrons. The van der Waals surface area contributed by atoms with Crippen LogP contribution in [0.15, 0.2) is 58.2 Å². The van der Waals surface area contributed by atoms with Crippen molar-refractivity contribution in [3.63, 3.8) is 0 Å². The summed E-state index contributed by atoms with van der Waals surface area (Å²) >= 11 is 0. The molecule has 1 fully saturated rings. The molecule has 0 aliphatic carbocycles. The molecule has 2 N–H and O–H groups in total. The zero-order valence-corrected chi connectivity index (χ0v) is 19.3. The first-order valence-electron chi connectivity index (χ1n) is 11.1. The predicted octanol–water partition coefficient (Wildman–Crippen LogP) is 3.03. The molecule has 33 heavy (non-hydrogen) atoms. The van der Waals surface area contributed by atoms with E-state index in [0.29, 0.717) is 36.3 Å². The maximum Gasteiger partial charge on any atom is 0.252 e. The van der Waals surface area contributed by atoms with Gasteiger partial charge in [0.25, 0.3) is 5.91 Å². The highest BCUT2D eigenvalue weighted by atomic mass is 32.2. The van der Waals surface area contributed by atoms with Crippen LogP contribution in [-0.2, 0) is 16.6 Å². The molecule has 0 saturated carbocycles. The van der Waals surface area contributed by atoms with Crippen molar-refractivity contribution < 1.29 is 17.9 Å². The largest absolute Gasteiger partial charge is 0.494 e. The number of rotatable bonds is 7. The fourth-order valence-electron chi connectivity index (χ4n) is 4.05. The third kappa shape index (κ3) is 4.94. The lowest BCUT2D eigenvalue weighted by atomic mass is 10.1. The number of hydrogen-bond donors (Lipinski definition) is 2. The van der Waals surface area contributed by atoms with E-state index in [-0.39, 0.29) is 17.0 Å². The van der Waals surface area contributed by atoms with Crippen LogP contribution in [0.5, 0.6) is 5.75 Å². The second-order valence-corrected chi connectivity index (χ2v) is 9.88. The van der Waals surface area contributed by atoms with Crippen LogP contribution in [-0.4, -0.2) is 43.3 Å². The van der Waals surface area contributed by atoms with Crippen LogP contribution >= 0.6 is 0 Å². The van der Waals surface area contributed by atoms with Crippen molar-refractivity contribution in [3.05, 3.63) is 70.0 Å². The van der Waals surface area contributed by atoms with Gasteiger partial charge in [0.1, 0.15) is 5.75 Å². The molecule has 3 aromatic rings. The lowest BCUT2D eigenvalue weighted by Gasteiger charge is -2.26. The Bertz CT molecular complexity index is 1330. The number of benzene rings is 2. The molecule has 8 nitrogen and oxygen atoms in total. The summed E-state index contributed by atoms with van der Waals surface area (Å²) in [5.74, 6) is 0.205. The highest BCUT2D eigenvalue weighted by molar-refractivity contribution is 7.89. The zero-order valence-electron chi connectivity index (χ0n) is 18.5. The van der Waals surface area contributed by atoms with E-state index in [1.165, 1.54) is 28.6 Å². The van der Waals surface area contributed by atoms with Crippen molar-refractivity contribution in [1.82, 2.24) is 14.6 Å². The molecule has 0 atom stereocenters. The maximum atomic E-state index is 13.1. The summed E-state index contributed by atoms with van der Waals surface area (Å²) in [6.45, 7) is 3.55. The van der Waals surface area contributed by atoms with Gasteiger partial charge >= 0.3 is 0 Å². The number of H-pyrrole nitrogens is 1. The standard InChI is InChI=1S/C24H27N3O5S/c1-2-32-22-9-5-4-8-17(22)16-25-24(29)20-15-23(28)26-21-11-10-18(14-19(20)21)33(30,31)27-12-6-3-7-13-27/h4-5,8-11,14-15H,2-3,6-7,12-13,16H2,1H3,(H,25,29)(H,26,28). The van der Waals surface area contributed by atoms with E-state index >= 15 is 0 Å². The van der Waals surface area contributed by atoms with Crippen molar-refractivity contribution in [3.8, 4) is 5.75 Å². The van der Waals surface area contributed by atoms with Crippen LogP contribution in [0.2, 0.25) is 0 Å². The molecule has 1 saturated heterocycles. The van der Waals surface area contributed by atoms with Crippen LogP contribution in [0.25, 0.3) is 10.9 Å². The number of para-hydroxylation sites is 1. The number of carbonyl (C=O) groups is 1. The Hall–Kier alpha value is -3.17. The number of aromatic amines is 1. The Morgan fingerprint density at radius 3 is 2.61 bits per heavy atom. The van der Waals surface area contributed by atoms with E-state index in [9.17, 15) is 18.0 Å². The Morgan fingerprint density at radius 2 is 1.85 bits per heavy atom. The molecule has 0 spiro atoms. The lowest BCUT2D eigenvalue weighted by molar-refractivity contribution is 0.0952. The number of fused-ring (bicyclic) bond motifs is 1. The third-order valence-electron chi connectivity index (χ3n) is 5.72. The molecule has 4 rings (SSSR count). The summed E-state index contributed by atoms with van der Waals surface area (Å²) in [6.07, 6.45) is 2.68. The van der Waals surface area contributed by atoms with E-state index in [1.54, 1.807) is 0 Å². The summed E-state index contributed by atoms with van der Waals surface area (Å²) in [4.78, 5) is 28.0. The topological polar surface area (TPSA) is 109 Å². The molecule has 1 aliphatic heterocycles. The number of carbonyl (C=O) groups excluding carboxylic acids is 1. The molecule has 0 unspecified atom stereocenters. The number of hydrogen-bond acceptors (Lipinski definition) is 5. The van der Waals surface area contributed by atoms with Crippen LogP contribution in [0, 0.1) is 0 Å². The molecular weight excluding hydrogens is 442 g/mol. The smallest absolute Gasteiger partial charge is 0.252 e. The summed E-state index contributed by atoms with van der Waals surface area (Å²) in [5.41, 5.74) is 0.891. The second kappa shape index (κ2) is 9.76. The zero-order chi connectivity index (χ0) is 23.4. The number of ether oxygens (including phenoxy) is 1. The maximum absolute atomic E-state index is 13.1. The van der Waals surface area contributed by atoms with Gasteiger partial charge in [-0.25, -0.2) is 8.42 Å². The van der Waals surface area contributed by atoms with Crippen LogP contribution in [0.4, 0.5) is 0 Å². The minimum atomic E-state index is -3.68. The number of amides is 1. The van der Waals surface area contributed by atoms with Gasteiger partial charge < -0.3 is 15.0 Å². The number of sulfonamides is 1. The molecule has 1 aromatic heterocycles. The summed E-state index contributed by atoms with van der Waals surface area (Å²) in [6, 6.07) is 13.1. The second-order valence-electron chi connectivity index (χ2n) is 7.94. The SMILES string of the molecule is CCOc1ccccc1CNC(=O)c1cc(=O)[nH]c2ccc(S(=O)(=O)N3CCCCC3)cc12. The minimum Gasteiger partial charge on any atom is -0.494 e. The number of pyridine rings is 1. The van der Waals surface area contributed by atoms with E-state index in [0.717, 1.165) is 24.8 Å². The van der Waals surface area contributed by atoms with E-state index in [1.807, 2.05) is 31.2 Å². The first-order chi connectivity index (χ1) is 15.9. The van der Waals surface area contributed by atoms with Crippen molar-refractivity contribution in [2.45, 2.75) is 37.6 Å². The van der Waals surface area contributed by atoms with Crippen molar-refractivity contribution in [2.75, 3.05) is 19.7 Å². The van der Waals surface area contributed by atoms with Gasteiger partial charge in [0, 0.05) is 42.2 Å². The van der Waals surface area contributed by atoms with E-state index < -0.39 is 21.5 Å².